The number of halogens is 2. The molecule has 0 aliphatic carbocycles. The fourth-order valence-electron chi connectivity index (χ4n) is 1.30. The van der Waals surface area contributed by atoms with Crippen LogP contribution in [0.5, 0.6) is 0 Å². The third-order valence-corrected chi connectivity index (χ3v) is 4.30. The summed E-state index contributed by atoms with van der Waals surface area (Å²) in [7, 11) is 1.33. The van der Waals surface area contributed by atoms with E-state index in [4.69, 9.17) is 22.3 Å². The van der Waals surface area contributed by atoms with Gasteiger partial charge in [-0.1, -0.05) is 18.5 Å². The van der Waals surface area contributed by atoms with E-state index in [1.165, 1.54) is 18.2 Å². The molecule has 0 bridgehead atoms. The second-order valence-corrected chi connectivity index (χ2v) is 7.81. The maximum Gasteiger partial charge on any atom is 0.261 e. The van der Waals surface area contributed by atoms with E-state index < -0.39 is 15.0 Å². The Morgan fingerprint density at radius 1 is 1.32 bits per heavy atom. The van der Waals surface area contributed by atoms with E-state index in [-0.39, 0.29) is 21.0 Å². The molecule has 1 rings (SSSR count). The smallest absolute Gasteiger partial charge is 0.261 e. The summed E-state index contributed by atoms with van der Waals surface area (Å²) in [6.07, 6.45) is 0.736. The second kappa shape index (κ2) is 5.69. The molecule has 1 aromatic rings. The third kappa shape index (κ3) is 4.67. The highest BCUT2D eigenvalue weighted by molar-refractivity contribution is 8.13. The average molecular weight is 324 g/mol. The van der Waals surface area contributed by atoms with E-state index in [0.29, 0.717) is 0 Å². The Morgan fingerprint density at radius 3 is 2.37 bits per heavy atom. The molecule has 1 N–H and O–H groups in total. The highest BCUT2D eigenvalue weighted by atomic mass is 35.7. The summed E-state index contributed by atoms with van der Waals surface area (Å²) in [4.78, 5) is 11.8. The molecule has 7 heteroatoms. The molecule has 0 aromatic heterocycles. The van der Waals surface area contributed by atoms with Crippen molar-refractivity contribution in [1.82, 2.24) is 5.32 Å². The number of hydrogen-bond donors (Lipinski definition) is 1. The number of carbonyl (C=O) groups excluding carboxylic acids is 1. The zero-order chi connectivity index (χ0) is 14.8. The van der Waals surface area contributed by atoms with Gasteiger partial charge in [0.05, 0.1) is 4.90 Å². The molecule has 0 aliphatic rings. The Kier molecular flexibility index (Phi) is 4.87. The van der Waals surface area contributed by atoms with E-state index in [1.807, 2.05) is 20.8 Å². The lowest BCUT2D eigenvalue weighted by Crippen LogP contribution is -2.42. The number of hydrogen-bond acceptors (Lipinski definition) is 3. The maximum absolute atomic E-state index is 12.0. The van der Waals surface area contributed by atoms with Crippen LogP contribution in [-0.4, -0.2) is 19.9 Å². The van der Waals surface area contributed by atoms with E-state index >= 15 is 0 Å². The molecule has 0 unspecified atom stereocenters. The molecule has 19 heavy (non-hydrogen) atoms. The molecular formula is C12H15Cl2NO3S. The number of carbonyl (C=O) groups is 1. The predicted octanol–water partition coefficient (Wildman–Crippen LogP) is 3.19. The molecule has 0 atom stereocenters. The van der Waals surface area contributed by atoms with Crippen LogP contribution in [0.15, 0.2) is 23.1 Å². The summed E-state index contributed by atoms with van der Waals surface area (Å²) >= 11 is 5.80. The van der Waals surface area contributed by atoms with Crippen molar-refractivity contribution in [3.63, 3.8) is 0 Å². The van der Waals surface area contributed by atoms with Crippen molar-refractivity contribution in [1.29, 1.82) is 0 Å². The summed E-state index contributed by atoms with van der Waals surface area (Å²) in [5.74, 6) is -0.393. The van der Waals surface area contributed by atoms with Gasteiger partial charge in [-0.05, 0) is 38.5 Å². The lowest BCUT2D eigenvalue weighted by atomic mass is 10.0. The van der Waals surface area contributed by atoms with Gasteiger partial charge in [-0.3, -0.25) is 4.79 Å². The summed E-state index contributed by atoms with van der Waals surface area (Å²) in [5.41, 5.74) is -0.229. The minimum Gasteiger partial charge on any atom is -0.347 e. The van der Waals surface area contributed by atoms with Crippen LogP contribution in [0.1, 0.15) is 37.6 Å². The van der Waals surface area contributed by atoms with Crippen molar-refractivity contribution in [2.45, 2.75) is 37.6 Å². The summed E-state index contributed by atoms with van der Waals surface area (Å²) < 4.78 is 22.6. The topological polar surface area (TPSA) is 63.2 Å². The van der Waals surface area contributed by atoms with Gasteiger partial charge in [0.25, 0.3) is 15.0 Å². The van der Waals surface area contributed by atoms with E-state index in [1.54, 1.807) is 0 Å². The largest absolute Gasteiger partial charge is 0.347 e. The van der Waals surface area contributed by atoms with Crippen molar-refractivity contribution >= 4 is 37.2 Å². The van der Waals surface area contributed by atoms with Crippen LogP contribution in [0.3, 0.4) is 0 Å². The molecule has 0 saturated carbocycles. The van der Waals surface area contributed by atoms with Gasteiger partial charge >= 0.3 is 0 Å². The van der Waals surface area contributed by atoms with E-state index in [9.17, 15) is 13.2 Å². The van der Waals surface area contributed by atoms with Crippen LogP contribution >= 0.6 is 22.3 Å². The molecule has 106 valence electrons. The molecule has 0 heterocycles. The Hall–Kier alpha value is -0.780. The number of nitrogens with one attached hydrogen (secondary N) is 1. The number of rotatable bonds is 4. The molecule has 1 amide bonds. The first kappa shape index (κ1) is 16.3. The SMILES string of the molecule is CCC(C)(C)NC(=O)c1cc(Cl)cc(S(=O)(=O)Cl)c1. The molecule has 0 aliphatic heterocycles. The molecule has 1 aromatic carbocycles. The highest BCUT2D eigenvalue weighted by Crippen LogP contribution is 2.22. The molecular weight excluding hydrogens is 309 g/mol. The minimum atomic E-state index is -3.92. The first-order valence-corrected chi connectivity index (χ1v) is 8.31. The summed E-state index contributed by atoms with van der Waals surface area (Å²) in [6.45, 7) is 5.68. The maximum atomic E-state index is 12.0. The summed E-state index contributed by atoms with van der Waals surface area (Å²) in [6, 6.07) is 3.80. The van der Waals surface area contributed by atoms with Crippen LogP contribution in [0, 0.1) is 0 Å². The lowest BCUT2D eigenvalue weighted by molar-refractivity contribution is 0.0911. The number of amides is 1. The van der Waals surface area contributed by atoms with Gasteiger partial charge in [0, 0.05) is 26.8 Å². The van der Waals surface area contributed by atoms with Crippen LogP contribution in [0.2, 0.25) is 5.02 Å². The second-order valence-electron chi connectivity index (χ2n) is 4.81. The van der Waals surface area contributed by atoms with Crippen LogP contribution in [0.4, 0.5) is 0 Å². The first-order chi connectivity index (χ1) is 8.55. The Labute approximate surface area is 122 Å². The minimum absolute atomic E-state index is 0.140. The predicted molar refractivity (Wildman–Crippen MR) is 76.3 cm³/mol. The van der Waals surface area contributed by atoms with Crippen LogP contribution < -0.4 is 5.32 Å². The Bertz CT molecular complexity index is 597. The molecule has 0 saturated heterocycles. The molecule has 0 spiro atoms. The standard InChI is InChI=1S/C12H15Cl2NO3S/c1-4-12(2,3)15-11(16)8-5-9(13)7-10(6-8)19(14,17)18/h5-7H,4H2,1-3H3,(H,15,16). The molecule has 0 radical (unpaired) electrons. The van der Waals surface area contributed by atoms with Gasteiger partial charge in [0.1, 0.15) is 0 Å². The van der Waals surface area contributed by atoms with Crippen molar-refractivity contribution in [2.24, 2.45) is 0 Å². The van der Waals surface area contributed by atoms with Gasteiger partial charge in [-0.25, -0.2) is 8.42 Å². The molecule has 0 fully saturated rings. The van der Waals surface area contributed by atoms with E-state index in [0.717, 1.165) is 6.42 Å². The van der Waals surface area contributed by atoms with Crippen LogP contribution in [0.25, 0.3) is 0 Å². The van der Waals surface area contributed by atoms with Crippen molar-refractivity contribution < 1.29 is 13.2 Å². The monoisotopic (exact) mass is 323 g/mol. The van der Waals surface area contributed by atoms with Crippen molar-refractivity contribution in [2.75, 3.05) is 0 Å². The third-order valence-electron chi connectivity index (χ3n) is 2.75. The van der Waals surface area contributed by atoms with Crippen molar-refractivity contribution in [3.05, 3.63) is 28.8 Å². The lowest BCUT2D eigenvalue weighted by Gasteiger charge is -2.24. The fourth-order valence-corrected chi connectivity index (χ4v) is 2.41. The number of benzene rings is 1. The average Bonchev–Trinajstić information content (AvgIpc) is 2.26. The van der Waals surface area contributed by atoms with Crippen molar-refractivity contribution in [3.8, 4) is 0 Å². The fraction of sp³-hybridized carbons (Fsp3) is 0.417. The highest BCUT2D eigenvalue weighted by Gasteiger charge is 2.21. The first-order valence-electron chi connectivity index (χ1n) is 5.63. The van der Waals surface area contributed by atoms with Gasteiger partial charge in [0.15, 0.2) is 0 Å². The van der Waals surface area contributed by atoms with Gasteiger partial charge in [0.2, 0.25) is 0 Å². The van der Waals surface area contributed by atoms with Gasteiger partial charge in [-0.15, -0.1) is 0 Å². The van der Waals surface area contributed by atoms with Gasteiger partial charge in [-0.2, -0.15) is 0 Å². The normalized spacial score (nSPS) is 12.3. The van der Waals surface area contributed by atoms with Gasteiger partial charge < -0.3 is 5.32 Å². The Balaban J connectivity index is 3.15. The Morgan fingerprint density at radius 2 is 1.89 bits per heavy atom. The zero-order valence-corrected chi connectivity index (χ0v) is 13.2. The quantitative estimate of drug-likeness (QED) is 0.865. The molecule has 4 nitrogen and oxygen atoms in total. The zero-order valence-electron chi connectivity index (χ0n) is 10.8. The summed E-state index contributed by atoms with van der Waals surface area (Å²) in [5, 5.41) is 2.93. The van der Waals surface area contributed by atoms with E-state index in [2.05, 4.69) is 5.32 Å². The van der Waals surface area contributed by atoms with Crippen LogP contribution in [-0.2, 0) is 9.05 Å².